The Morgan fingerprint density at radius 1 is 1.31 bits per heavy atom. The highest BCUT2D eigenvalue weighted by Gasteiger charge is 2.38. The molecule has 1 aromatic carbocycles. The highest BCUT2D eigenvalue weighted by molar-refractivity contribution is 7.80. The first-order valence-electron chi connectivity index (χ1n) is 8.70. The van der Waals surface area contributed by atoms with E-state index in [0.717, 1.165) is 31.5 Å². The van der Waals surface area contributed by atoms with Crippen LogP contribution in [0, 0.1) is 0 Å². The summed E-state index contributed by atoms with van der Waals surface area (Å²) < 4.78 is 10.1. The molecule has 0 saturated carbocycles. The monoisotopic (exact) mass is 377 g/mol. The van der Waals surface area contributed by atoms with Crippen LogP contribution in [0.3, 0.4) is 0 Å². The second-order valence-corrected chi connectivity index (χ2v) is 6.78. The summed E-state index contributed by atoms with van der Waals surface area (Å²) in [6, 6.07) is 9.96. The summed E-state index contributed by atoms with van der Waals surface area (Å²) in [7, 11) is 1.34. The number of thiocarbonyl (C=S) groups is 1. The molecular formula is C18H23N3O4S. The van der Waals surface area contributed by atoms with Crippen molar-refractivity contribution < 1.29 is 19.1 Å². The van der Waals surface area contributed by atoms with Gasteiger partial charge in [0.05, 0.1) is 13.7 Å². The van der Waals surface area contributed by atoms with Crippen LogP contribution in [-0.2, 0) is 14.3 Å². The average molecular weight is 377 g/mol. The van der Waals surface area contributed by atoms with E-state index in [2.05, 4.69) is 10.1 Å². The topological polar surface area (TPSA) is 71.1 Å². The molecule has 7 nitrogen and oxygen atoms in total. The fourth-order valence-electron chi connectivity index (χ4n) is 3.33. The van der Waals surface area contributed by atoms with Crippen molar-refractivity contribution in [3.8, 4) is 0 Å². The molecule has 1 unspecified atom stereocenters. The van der Waals surface area contributed by atoms with E-state index in [1.807, 2.05) is 40.1 Å². The number of nitrogens with one attached hydrogen (secondary N) is 1. The molecule has 2 fully saturated rings. The van der Waals surface area contributed by atoms with Crippen LogP contribution in [0.4, 0.5) is 4.79 Å². The number of likely N-dealkylation sites (tertiary alicyclic amines) is 1. The van der Waals surface area contributed by atoms with E-state index in [-0.39, 0.29) is 30.8 Å². The molecule has 1 atom stereocenters. The van der Waals surface area contributed by atoms with Gasteiger partial charge in [0.2, 0.25) is 0 Å². The van der Waals surface area contributed by atoms with Gasteiger partial charge in [-0.05, 0) is 30.6 Å². The molecule has 0 aliphatic carbocycles. The molecule has 8 heteroatoms. The number of nitrogens with zero attached hydrogens (tertiary/aromatic N) is 2. The molecule has 140 valence electrons. The predicted octanol–water partition coefficient (Wildman–Crippen LogP) is 1.69. The second-order valence-electron chi connectivity index (χ2n) is 6.39. The lowest BCUT2D eigenvalue weighted by atomic mass is 10.0. The van der Waals surface area contributed by atoms with Gasteiger partial charge in [-0.15, -0.1) is 0 Å². The van der Waals surface area contributed by atoms with E-state index >= 15 is 0 Å². The van der Waals surface area contributed by atoms with Crippen LogP contribution >= 0.6 is 12.2 Å². The molecule has 2 aliphatic heterocycles. The van der Waals surface area contributed by atoms with Gasteiger partial charge >= 0.3 is 12.1 Å². The van der Waals surface area contributed by atoms with Crippen molar-refractivity contribution >= 4 is 29.4 Å². The Kier molecular flexibility index (Phi) is 5.92. The van der Waals surface area contributed by atoms with Crippen LogP contribution in [0.1, 0.15) is 24.5 Å². The molecule has 2 aliphatic rings. The number of rotatable bonds is 4. The van der Waals surface area contributed by atoms with Crippen molar-refractivity contribution in [2.75, 3.05) is 33.3 Å². The second kappa shape index (κ2) is 8.35. The van der Waals surface area contributed by atoms with Crippen LogP contribution < -0.4 is 5.32 Å². The van der Waals surface area contributed by atoms with Gasteiger partial charge in [-0.2, -0.15) is 0 Å². The molecule has 0 spiro atoms. The number of ether oxygens (including phenoxy) is 2. The maximum absolute atomic E-state index is 12.3. The smallest absolute Gasteiger partial charge is 0.410 e. The van der Waals surface area contributed by atoms with Crippen LogP contribution in [0.5, 0.6) is 0 Å². The summed E-state index contributed by atoms with van der Waals surface area (Å²) in [6.07, 6.45) is 1.18. The number of hydrogen-bond acceptors (Lipinski definition) is 5. The minimum absolute atomic E-state index is 0.0620. The normalized spacial score (nSPS) is 20.7. The van der Waals surface area contributed by atoms with Gasteiger partial charge in [-0.1, -0.05) is 30.3 Å². The van der Waals surface area contributed by atoms with E-state index in [4.69, 9.17) is 17.0 Å². The van der Waals surface area contributed by atoms with Crippen molar-refractivity contribution in [3.63, 3.8) is 0 Å². The van der Waals surface area contributed by atoms with Crippen molar-refractivity contribution in [1.82, 2.24) is 15.1 Å². The lowest BCUT2D eigenvalue weighted by molar-refractivity contribution is -0.139. The molecule has 0 bridgehead atoms. The molecule has 2 heterocycles. The maximum atomic E-state index is 12.3. The largest absolute Gasteiger partial charge is 0.468 e. The Morgan fingerprint density at radius 2 is 2.00 bits per heavy atom. The number of benzene rings is 1. The van der Waals surface area contributed by atoms with E-state index in [0.29, 0.717) is 11.7 Å². The standard InChI is InChI=1S/C18H23N3O4S/c1-24-16(22)11-19-17(26)20-9-7-14(8-10-20)21-12-15(25-18(21)23)13-5-3-2-4-6-13/h2-6,14-15H,7-12H2,1H3,(H,19,26). The summed E-state index contributed by atoms with van der Waals surface area (Å²) in [5.74, 6) is -0.353. The molecule has 3 rings (SSSR count). The molecule has 1 N–H and O–H groups in total. The molecular weight excluding hydrogens is 354 g/mol. The third-order valence-corrected chi connectivity index (χ3v) is 5.22. The van der Waals surface area contributed by atoms with Crippen LogP contribution in [-0.4, -0.2) is 66.3 Å². The zero-order valence-corrected chi connectivity index (χ0v) is 15.5. The number of methoxy groups -OCH3 is 1. The molecule has 1 amide bonds. The van der Waals surface area contributed by atoms with Gasteiger partial charge in [0, 0.05) is 19.1 Å². The van der Waals surface area contributed by atoms with E-state index in [1.165, 1.54) is 7.11 Å². The van der Waals surface area contributed by atoms with E-state index in [1.54, 1.807) is 0 Å². The van der Waals surface area contributed by atoms with E-state index in [9.17, 15) is 9.59 Å². The number of carbonyl (C=O) groups excluding carboxylic acids is 2. The fourth-order valence-corrected chi connectivity index (χ4v) is 3.59. The van der Waals surface area contributed by atoms with Gasteiger partial charge in [0.1, 0.15) is 12.6 Å². The van der Waals surface area contributed by atoms with Crippen LogP contribution in [0.25, 0.3) is 0 Å². The van der Waals surface area contributed by atoms with Crippen molar-refractivity contribution in [3.05, 3.63) is 35.9 Å². The van der Waals surface area contributed by atoms with Gasteiger partial charge < -0.3 is 24.6 Å². The minimum atomic E-state index is -0.353. The molecule has 26 heavy (non-hydrogen) atoms. The Morgan fingerprint density at radius 3 is 2.65 bits per heavy atom. The maximum Gasteiger partial charge on any atom is 0.410 e. The number of amides is 1. The fraction of sp³-hybridized carbons (Fsp3) is 0.500. The first-order valence-corrected chi connectivity index (χ1v) is 9.11. The molecule has 0 aromatic heterocycles. The summed E-state index contributed by atoms with van der Waals surface area (Å²) in [5, 5.41) is 3.44. The molecule has 0 radical (unpaired) electrons. The third kappa shape index (κ3) is 4.24. The predicted molar refractivity (Wildman–Crippen MR) is 99.6 cm³/mol. The lowest BCUT2D eigenvalue weighted by Gasteiger charge is -2.36. The van der Waals surface area contributed by atoms with Crippen molar-refractivity contribution in [1.29, 1.82) is 0 Å². The zero-order chi connectivity index (χ0) is 18.5. The SMILES string of the molecule is COC(=O)CNC(=S)N1CCC(N2CC(c3ccccc3)OC2=O)CC1. The summed E-state index contributed by atoms with van der Waals surface area (Å²) in [6.45, 7) is 2.11. The Balaban J connectivity index is 1.49. The van der Waals surface area contributed by atoms with E-state index < -0.39 is 0 Å². The lowest BCUT2D eigenvalue weighted by Crippen LogP contribution is -2.50. The van der Waals surface area contributed by atoms with Gasteiger partial charge in [0.15, 0.2) is 5.11 Å². The Bertz CT molecular complexity index is 662. The first-order chi connectivity index (χ1) is 12.6. The number of carbonyl (C=O) groups is 2. The van der Waals surface area contributed by atoms with Crippen LogP contribution in [0.2, 0.25) is 0 Å². The third-order valence-electron chi connectivity index (χ3n) is 4.82. The summed E-state index contributed by atoms with van der Waals surface area (Å²) in [4.78, 5) is 27.3. The number of hydrogen-bond donors (Lipinski definition) is 1. The van der Waals surface area contributed by atoms with Crippen molar-refractivity contribution in [2.24, 2.45) is 0 Å². The molecule has 2 saturated heterocycles. The van der Waals surface area contributed by atoms with Gasteiger partial charge in [0.25, 0.3) is 0 Å². The molecule has 1 aromatic rings. The summed E-state index contributed by atoms with van der Waals surface area (Å²) in [5.41, 5.74) is 1.02. The average Bonchev–Trinajstić information content (AvgIpc) is 3.08. The highest BCUT2D eigenvalue weighted by atomic mass is 32.1. The quantitative estimate of drug-likeness (QED) is 0.632. The number of piperidine rings is 1. The first kappa shape index (κ1) is 18.4. The van der Waals surface area contributed by atoms with Crippen molar-refractivity contribution in [2.45, 2.75) is 25.0 Å². The van der Waals surface area contributed by atoms with Gasteiger partial charge in [-0.3, -0.25) is 4.79 Å². The number of cyclic esters (lactones) is 1. The minimum Gasteiger partial charge on any atom is -0.468 e. The highest BCUT2D eigenvalue weighted by Crippen LogP contribution is 2.30. The zero-order valence-electron chi connectivity index (χ0n) is 14.7. The van der Waals surface area contributed by atoms with Gasteiger partial charge in [-0.25, -0.2) is 4.79 Å². The Hall–Kier alpha value is -2.35. The summed E-state index contributed by atoms with van der Waals surface area (Å²) >= 11 is 5.32. The number of esters is 1. The van der Waals surface area contributed by atoms with Crippen LogP contribution in [0.15, 0.2) is 30.3 Å². The Labute approximate surface area is 158 Å².